The van der Waals surface area contributed by atoms with Crippen LogP contribution in [0.5, 0.6) is 5.75 Å². The maximum Gasteiger partial charge on any atom is 0.229 e. The smallest absolute Gasteiger partial charge is 0.229 e. The number of rotatable bonds is 7. The second-order valence-electron chi connectivity index (χ2n) is 11.9. The van der Waals surface area contributed by atoms with E-state index in [1.54, 1.807) is 26.6 Å². The summed E-state index contributed by atoms with van der Waals surface area (Å²) >= 11 is 6.50. The molecule has 0 amide bonds. The number of halogens is 1. The molecule has 1 aromatic heterocycles. The Hall–Kier alpha value is -2.80. The number of aryl methyl sites for hydroxylation is 2. The fourth-order valence-corrected chi connectivity index (χ4v) is 7.82. The lowest BCUT2D eigenvalue weighted by Crippen LogP contribution is -2.60. The van der Waals surface area contributed by atoms with Crippen molar-refractivity contribution in [1.82, 2.24) is 14.9 Å². The highest BCUT2D eigenvalue weighted by Gasteiger charge is 2.44. The van der Waals surface area contributed by atoms with Crippen LogP contribution in [-0.4, -0.2) is 68.5 Å². The van der Waals surface area contributed by atoms with E-state index in [9.17, 15) is 4.57 Å². The van der Waals surface area contributed by atoms with E-state index in [0.717, 1.165) is 46.6 Å². The minimum atomic E-state index is -2.57. The Morgan fingerprint density at radius 2 is 1.73 bits per heavy atom. The Balaban J connectivity index is 1.37. The average molecular weight is 583 g/mol. The van der Waals surface area contributed by atoms with Gasteiger partial charge >= 0.3 is 0 Å². The third kappa shape index (κ3) is 5.67. The highest BCUT2D eigenvalue weighted by atomic mass is 35.5. The molecule has 2 aromatic carbocycles. The van der Waals surface area contributed by atoms with Crippen LogP contribution in [0, 0.1) is 26.2 Å². The van der Waals surface area contributed by atoms with Crippen molar-refractivity contribution in [1.29, 1.82) is 0 Å². The van der Waals surface area contributed by atoms with Gasteiger partial charge in [0.05, 0.1) is 24.7 Å². The number of benzene rings is 2. The summed E-state index contributed by atoms with van der Waals surface area (Å²) in [6, 6.07) is 8.13. The summed E-state index contributed by atoms with van der Waals surface area (Å²) in [7, 11) is 1.32. The molecular formula is C30H40ClN6O2P. The number of ether oxygens (including phenoxy) is 1. The van der Waals surface area contributed by atoms with Gasteiger partial charge in [-0.15, -0.1) is 0 Å². The van der Waals surface area contributed by atoms with Crippen LogP contribution >= 0.6 is 18.7 Å². The molecule has 5 rings (SSSR count). The Bertz CT molecular complexity index is 1470. The van der Waals surface area contributed by atoms with Crippen molar-refractivity contribution in [2.75, 3.05) is 69.2 Å². The zero-order valence-electron chi connectivity index (χ0n) is 24.6. The van der Waals surface area contributed by atoms with Gasteiger partial charge in [-0.2, -0.15) is 4.98 Å². The van der Waals surface area contributed by atoms with Crippen LogP contribution < -0.4 is 25.6 Å². The van der Waals surface area contributed by atoms with Crippen LogP contribution in [0.25, 0.3) is 0 Å². The predicted molar refractivity (Wildman–Crippen MR) is 168 cm³/mol. The lowest BCUT2D eigenvalue weighted by atomic mass is 9.71. The molecule has 40 heavy (non-hydrogen) atoms. The average Bonchev–Trinajstić information content (AvgIpc) is 2.87. The first-order valence-electron chi connectivity index (χ1n) is 13.7. The van der Waals surface area contributed by atoms with Gasteiger partial charge in [0.15, 0.2) is 5.82 Å². The van der Waals surface area contributed by atoms with Gasteiger partial charge in [-0.25, -0.2) is 4.98 Å². The van der Waals surface area contributed by atoms with Crippen LogP contribution in [0.3, 0.4) is 0 Å². The Labute approximate surface area is 242 Å². The molecule has 8 nitrogen and oxygen atoms in total. The van der Waals surface area contributed by atoms with Crippen LogP contribution in [0.2, 0.25) is 5.02 Å². The third-order valence-corrected chi connectivity index (χ3v) is 10.4. The van der Waals surface area contributed by atoms with Crippen molar-refractivity contribution in [3.8, 4) is 5.75 Å². The van der Waals surface area contributed by atoms with Crippen molar-refractivity contribution >= 4 is 52.9 Å². The zero-order valence-corrected chi connectivity index (χ0v) is 26.2. The van der Waals surface area contributed by atoms with Crippen LogP contribution in [0.4, 0.5) is 28.8 Å². The normalized spacial score (nSPS) is 17.1. The number of hydrogen-bond donors (Lipinski definition) is 2. The number of likely N-dealkylation sites (tertiary alicyclic amines) is 1. The van der Waals surface area contributed by atoms with E-state index in [2.05, 4.69) is 56.5 Å². The largest absolute Gasteiger partial charge is 0.494 e. The maximum absolute atomic E-state index is 13.2. The number of nitrogens with one attached hydrogen (secondary N) is 2. The fraction of sp³-hybridized carbons (Fsp3) is 0.467. The van der Waals surface area contributed by atoms with E-state index in [1.165, 1.54) is 37.2 Å². The van der Waals surface area contributed by atoms with Crippen molar-refractivity contribution in [3.05, 3.63) is 52.2 Å². The van der Waals surface area contributed by atoms with E-state index in [4.69, 9.17) is 16.3 Å². The molecule has 0 saturated carbocycles. The van der Waals surface area contributed by atoms with Gasteiger partial charge < -0.3 is 29.7 Å². The molecule has 0 radical (unpaired) electrons. The van der Waals surface area contributed by atoms with E-state index in [-0.39, 0.29) is 0 Å². The molecule has 10 heteroatoms. The summed E-state index contributed by atoms with van der Waals surface area (Å²) in [6.45, 7) is 14.2. The quantitative estimate of drug-likeness (QED) is 0.313. The van der Waals surface area contributed by atoms with E-state index >= 15 is 0 Å². The van der Waals surface area contributed by atoms with Gasteiger partial charge in [-0.05, 0) is 95.9 Å². The van der Waals surface area contributed by atoms with Crippen LogP contribution in [0.15, 0.2) is 30.5 Å². The second kappa shape index (κ2) is 10.9. The van der Waals surface area contributed by atoms with E-state index in [0.29, 0.717) is 22.2 Å². The number of aromatic nitrogens is 2. The Morgan fingerprint density at radius 3 is 2.38 bits per heavy atom. The van der Waals surface area contributed by atoms with Gasteiger partial charge in [-0.3, -0.25) is 0 Å². The van der Waals surface area contributed by atoms with Crippen molar-refractivity contribution in [2.24, 2.45) is 5.41 Å². The number of methoxy groups -OCH3 is 1. The SMILES string of the molecule is COc1cc(N2CC3(CCN(C)CC3)C2)c(C)cc1Nc1ncc(Cl)c(Nc2ccc(C)c(C)c2P(C)(C)=O)n1. The number of nitrogens with zero attached hydrogens (tertiary/aromatic N) is 4. The summed E-state index contributed by atoms with van der Waals surface area (Å²) in [5.74, 6) is 1.55. The molecule has 2 aliphatic rings. The minimum absolute atomic E-state index is 0.371. The molecule has 214 valence electrons. The maximum atomic E-state index is 13.2. The predicted octanol–water partition coefficient (Wildman–Crippen LogP) is 6.33. The molecule has 0 aliphatic carbocycles. The molecule has 0 atom stereocenters. The molecule has 3 heterocycles. The summed E-state index contributed by atoms with van der Waals surface area (Å²) < 4.78 is 18.9. The Kier molecular flexibility index (Phi) is 7.81. The molecule has 3 aromatic rings. The lowest BCUT2D eigenvalue weighted by Gasteiger charge is -2.55. The highest BCUT2D eigenvalue weighted by Crippen LogP contribution is 2.45. The topological polar surface area (TPSA) is 82.6 Å². The minimum Gasteiger partial charge on any atom is -0.494 e. The summed E-state index contributed by atoms with van der Waals surface area (Å²) in [4.78, 5) is 14.0. The molecular weight excluding hydrogens is 543 g/mol. The van der Waals surface area contributed by atoms with Crippen molar-refractivity contribution in [2.45, 2.75) is 33.6 Å². The monoisotopic (exact) mass is 582 g/mol. The first kappa shape index (κ1) is 28.7. The molecule has 0 unspecified atom stereocenters. The standard InChI is InChI=1S/C30H40ClN6O2P/c1-19-8-9-23(27(21(19)3)40(6,7)38)33-28-22(31)16-32-29(35-28)34-24-14-20(2)25(15-26(24)39-5)37-17-30(18-37)10-12-36(4)13-11-30/h8-9,14-16H,10-13,17-18H2,1-7H3,(H2,32,33,34,35). The molecule has 2 saturated heterocycles. The number of piperidine rings is 1. The molecule has 1 spiro atoms. The van der Waals surface area contributed by atoms with Crippen molar-refractivity contribution in [3.63, 3.8) is 0 Å². The van der Waals surface area contributed by atoms with Gasteiger partial charge in [0.2, 0.25) is 5.95 Å². The number of hydrogen-bond acceptors (Lipinski definition) is 8. The highest BCUT2D eigenvalue weighted by molar-refractivity contribution is 7.70. The van der Waals surface area contributed by atoms with E-state index in [1.807, 2.05) is 26.0 Å². The van der Waals surface area contributed by atoms with Gasteiger partial charge in [0, 0.05) is 35.6 Å². The summed E-state index contributed by atoms with van der Waals surface area (Å²) in [6.07, 6.45) is 4.09. The third-order valence-electron chi connectivity index (χ3n) is 8.44. The zero-order chi connectivity index (χ0) is 28.8. The Morgan fingerprint density at radius 1 is 1.02 bits per heavy atom. The second-order valence-corrected chi connectivity index (χ2v) is 15.4. The first-order chi connectivity index (χ1) is 18.9. The molecule has 2 fully saturated rings. The van der Waals surface area contributed by atoms with Crippen molar-refractivity contribution < 1.29 is 9.30 Å². The van der Waals surface area contributed by atoms with Crippen LogP contribution in [0.1, 0.15) is 29.5 Å². The first-order valence-corrected chi connectivity index (χ1v) is 16.7. The molecule has 2 N–H and O–H groups in total. The van der Waals surface area contributed by atoms with E-state index < -0.39 is 7.14 Å². The van der Waals surface area contributed by atoms with Gasteiger partial charge in [-0.1, -0.05) is 17.7 Å². The van der Waals surface area contributed by atoms with Crippen LogP contribution in [-0.2, 0) is 4.57 Å². The van der Waals surface area contributed by atoms with Gasteiger partial charge in [0.1, 0.15) is 17.9 Å². The fourth-order valence-electron chi connectivity index (χ4n) is 5.99. The summed E-state index contributed by atoms with van der Waals surface area (Å²) in [5, 5.41) is 7.81. The van der Waals surface area contributed by atoms with Gasteiger partial charge in [0.25, 0.3) is 0 Å². The molecule has 0 bridgehead atoms. The summed E-state index contributed by atoms with van der Waals surface area (Å²) in [5.41, 5.74) is 6.43. The number of anilines is 5. The molecule has 2 aliphatic heterocycles. The lowest BCUT2D eigenvalue weighted by molar-refractivity contribution is 0.0905.